The Morgan fingerprint density at radius 2 is 1.72 bits per heavy atom. The molecular formula is C24H15ClO4. The van der Waals surface area contributed by atoms with Gasteiger partial charge in [0, 0.05) is 17.2 Å². The van der Waals surface area contributed by atoms with E-state index in [0.717, 1.165) is 5.56 Å². The van der Waals surface area contributed by atoms with Gasteiger partial charge in [-0.05, 0) is 41.5 Å². The molecule has 1 aromatic heterocycles. The van der Waals surface area contributed by atoms with Gasteiger partial charge in [0.15, 0.2) is 5.43 Å². The standard InChI is InChI=1S/C24H15ClO4/c25-18-9-7-17(8-10-18)21-15-28-22-14-19(11-12-20(22)24(21)27)29-23(26)13-6-16-4-2-1-3-5-16/h1-15H. The van der Waals surface area contributed by atoms with Gasteiger partial charge in [0.1, 0.15) is 17.6 Å². The van der Waals surface area contributed by atoms with E-state index in [1.165, 1.54) is 18.4 Å². The van der Waals surface area contributed by atoms with Gasteiger partial charge in [-0.2, -0.15) is 0 Å². The summed E-state index contributed by atoms with van der Waals surface area (Å²) in [5.41, 5.74) is 2.21. The van der Waals surface area contributed by atoms with Crippen molar-refractivity contribution in [3.8, 4) is 16.9 Å². The quantitative estimate of drug-likeness (QED) is 0.248. The van der Waals surface area contributed by atoms with Crippen LogP contribution in [0.3, 0.4) is 0 Å². The molecule has 0 N–H and O–H groups in total. The molecule has 4 aromatic rings. The van der Waals surface area contributed by atoms with Crippen LogP contribution >= 0.6 is 11.6 Å². The Hall–Kier alpha value is -3.63. The lowest BCUT2D eigenvalue weighted by Gasteiger charge is -2.05. The smallest absolute Gasteiger partial charge is 0.336 e. The van der Waals surface area contributed by atoms with Crippen molar-refractivity contribution in [1.82, 2.24) is 0 Å². The van der Waals surface area contributed by atoms with E-state index < -0.39 is 5.97 Å². The summed E-state index contributed by atoms with van der Waals surface area (Å²) >= 11 is 5.90. The average molecular weight is 403 g/mol. The normalized spacial score (nSPS) is 11.1. The van der Waals surface area contributed by atoms with Crippen molar-refractivity contribution in [1.29, 1.82) is 0 Å². The van der Waals surface area contributed by atoms with Crippen molar-refractivity contribution in [3.05, 3.63) is 106 Å². The Morgan fingerprint density at radius 3 is 2.48 bits per heavy atom. The Morgan fingerprint density at radius 1 is 0.966 bits per heavy atom. The summed E-state index contributed by atoms with van der Waals surface area (Å²) in [4.78, 5) is 24.8. The number of carbonyl (C=O) groups is 1. The molecule has 4 rings (SSSR count). The highest BCUT2D eigenvalue weighted by molar-refractivity contribution is 6.30. The SMILES string of the molecule is O=C(C=Cc1ccccc1)Oc1ccc2c(=O)c(-c3ccc(Cl)cc3)coc2c1. The molecule has 0 spiro atoms. The van der Waals surface area contributed by atoms with Crippen LogP contribution in [-0.2, 0) is 4.79 Å². The Bertz CT molecular complexity index is 1260. The highest BCUT2D eigenvalue weighted by atomic mass is 35.5. The van der Waals surface area contributed by atoms with Crippen molar-refractivity contribution in [2.45, 2.75) is 0 Å². The third kappa shape index (κ3) is 4.28. The van der Waals surface area contributed by atoms with Crippen LogP contribution in [0.15, 0.2) is 94.3 Å². The Balaban J connectivity index is 1.57. The first kappa shape index (κ1) is 18.7. The van der Waals surface area contributed by atoms with Gasteiger partial charge in [0.05, 0.1) is 10.9 Å². The molecule has 1 heterocycles. The molecule has 0 bridgehead atoms. The monoisotopic (exact) mass is 402 g/mol. The lowest BCUT2D eigenvalue weighted by atomic mass is 10.1. The number of fused-ring (bicyclic) bond motifs is 1. The zero-order valence-electron chi connectivity index (χ0n) is 15.2. The minimum atomic E-state index is -0.520. The van der Waals surface area contributed by atoms with Gasteiger partial charge >= 0.3 is 5.97 Å². The predicted octanol–water partition coefficient (Wildman–Crippen LogP) is 5.73. The predicted molar refractivity (Wildman–Crippen MR) is 114 cm³/mol. The lowest BCUT2D eigenvalue weighted by Crippen LogP contribution is -2.06. The van der Waals surface area contributed by atoms with Crippen LogP contribution in [0.4, 0.5) is 0 Å². The molecule has 29 heavy (non-hydrogen) atoms. The van der Waals surface area contributed by atoms with Gasteiger partial charge in [0.2, 0.25) is 0 Å². The first-order chi connectivity index (χ1) is 14.1. The van der Waals surface area contributed by atoms with Crippen molar-refractivity contribution in [2.75, 3.05) is 0 Å². The molecule has 142 valence electrons. The van der Waals surface area contributed by atoms with Gasteiger partial charge in [-0.15, -0.1) is 0 Å². The van der Waals surface area contributed by atoms with E-state index in [0.29, 0.717) is 32.9 Å². The molecule has 4 nitrogen and oxygen atoms in total. The van der Waals surface area contributed by atoms with E-state index in [2.05, 4.69) is 0 Å². The lowest BCUT2D eigenvalue weighted by molar-refractivity contribution is -0.128. The molecule has 3 aromatic carbocycles. The van der Waals surface area contributed by atoms with Crippen LogP contribution in [0.25, 0.3) is 28.2 Å². The summed E-state index contributed by atoms with van der Waals surface area (Å²) in [5, 5.41) is 0.990. The molecule has 0 aliphatic carbocycles. The second-order valence-corrected chi connectivity index (χ2v) is 6.74. The Kier molecular flexibility index (Phi) is 5.27. The molecule has 0 atom stereocenters. The molecular weight excluding hydrogens is 388 g/mol. The molecule has 0 unspecified atom stereocenters. The van der Waals surface area contributed by atoms with Crippen molar-refractivity contribution in [2.24, 2.45) is 0 Å². The number of hydrogen-bond acceptors (Lipinski definition) is 4. The van der Waals surface area contributed by atoms with Gasteiger partial charge in [-0.3, -0.25) is 4.79 Å². The summed E-state index contributed by atoms with van der Waals surface area (Å²) < 4.78 is 10.9. The summed E-state index contributed by atoms with van der Waals surface area (Å²) in [5.74, 6) is -0.226. The van der Waals surface area contributed by atoms with Crippen molar-refractivity contribution in [3.63, 3.8) is 0 Å². The summed E-state index contributed by atoms with van der Waals surface area (Å²) in [6.07, 6.45) is 4.41. The maximum Gasteiger partial charge on any atom is 0.336 e. The van der Waals surface area contributed by atoms with E-state index in [4.69, 9.17) is 20.8 Å². The molecule has 0 aliphatic heterocycles. The van der Waals surface area contributed by atoms with Crippen LogP contribution in [0, 0.1) is 0 Å². The fourth-order valence-corrected chi connectivity index (χ4v) is 3.01. The Labute approximate surface area is 171 Å². The minimum absolute atomic E-state index is 0.171. The maximum atomic E-state index is 12.8. The minimum Gasteiger partial charge on any atom is -0.463 e. The number of carbonyl (C=O) groups excluding carboxylic acids is 1. The third-order valence-corrected chi connectivity index (χ3v) is 4.58. The number of hydrogen-bond donors (Lipinski definition) is 0. The second-order valence-electron chi connectivity index (χ2n) is 6.31. The number of benzene rings is 3. The molecule has 0 saturated carbocycles. The summed E-state index contributed by atoms with van der Waals surface area (Å²) in [6.45, 7) is 0. The van der Waals surface area contributed by atoms with Gasteiger partial charge < -0.3 is 9.15 Å². The van der Waals surface area contributed by atoms with Gasteiger partial charge in [-0.25, -0.2) is 4.79 Å². The van der Waals surface area contributed by atoms with Crippen molar-refractivity contribution < 1.29 is 13.9 Å². The van der Waals surface area contributed by atoms with E-state index in [9.17, 15) is 9.59 Å². The molecule has 0 radical (unpaired) electrons. The molecule has 0 aliphatic rings. The molecule has 0 saturated heterocycles. The van der Waals surface area contributed by atoms with E-state index in [-0.39, 0.29) is 5.43 Å². The first-order valence-electron chi connectivity index (χ1n) is 8.86. The van der Waals surface area contributed by atoms with E-state index in [1.54, 1.807) is 42.5 Å². The van der Waals surface area contributed by atoms with E-state index >= 15 is 0 Å². The molecule has 5 heteroatoms. The topological polar surface area (TPSA) is 56.5 Å². The van der Waals surface area contributed by atoms with Crippen LogP contribution in [0.2, 0.25) is 5.02 Å². The number of halogens is 1. The van der Waals surface area contributed by atoms with Gasteiger partial charge in [-0.1, -0.05) is 54.1 Å². The fourth-order valence-electron chi connectivity index (χ4n) is 2.88. The fraction of sp³-hybridized carbons (Fsp3) is 0. The highest BCUT2D eigenvalue weighted by Crippen LogP contribution is 2.24. The molecule has 0 amide bonds. The third-order valence-electron chi connectivity index (χ3n) is 4.33. The average Bonchev–Trinajstić information content (AvgIpc) is 2.74. The molecule has 0 fully saturated rings. The second kappa shape index (κ2) is 8.17. The maximum absolute atomic E-state index is 12.8. The van der Waals surface area contributed by atoms with Crippen LogP contribution in [0.5, 0.6) is 5.75 Å². The van der Waals surface area contributed by atoms with E-state index in [1.807, 2.05) is 30.3 Å². The largest absolute Gasteiger partial charge is 0.463 e. The zero-order valence-corrected chi connectivity index (χ0v) is 15.9. The van der Waals surface area contributed by atoms with Gasteiger partial charge in [0.25, 0.3) is 0 Å². The number of rotatable bonds is 4. The summed E-state index contributed by atoms with van der Waals surface area (Å²) in [7, 11) is 0. The zero-order chi connectivity index (χ0) is 20.2. The first-order valence-corrected chi connectivity index (χ1v) is 9.24. The van der Waals surface area contributed by atoms with Crippen molar-refractivity contribution >= 4 is 34.6 Å². The number of ether oxygens (including phenoxy) is 1. The van der Waals surface area contributed by atoms with Crippen LogP contribution in [0.1, 0.15) is 5.56 Å². The highest BCUT2D eigenvalue weighted by Gasteiger charge is 2.11. The van der Waals surface area contributed by atoms with Crippen LogP contribution in [-0.4, -0.2) is 5.97 Å². The summed E-state index contributed by atoms with van der Waals surface area (Å²) in [6, 6.07) is 21.1. The number of esters is 1. The van der Waals surface area contributed by atoms with Crippen LogP contribution < -0.4 is 10.2 Å².